The van der Waals surface area contributed by atoms with Crippen LogP contribution in [0.2, 0.25) is 0 Å². The molecule has 0 heterocycles. The first-order valence-corrected chi connectivity index (χ1v) is 5.46. The molecule has 0 aromatic heterocycles. The lowest BCUT2D eigenvalue weighted by Gasteiger charge is -1.94. The molecule has 0 aliphatic rings. The lowest BCUT2D eigenvalue weighted by atomic mass is 10.1. The average Bonchev–Trinajstić information content (AvgIpc) is 2.16. The highest BCUT2D eigenvalue weighted by atomic mass is 13.9. The molecule has 0 amide bonds. The molecule has 0 nitrogen and oxygen atoms in total. The quantitative estimate of drug-likeness (QED) is 0.405. The smallest absolute Gasteiger partial charge is 0.00886 e. The van der Waals surface area contributed by atoms with E-state index in [9.17, 15) is 0 Å². The molecule has 0 atom stereocenters. The molecule has 0 aromatic carbocycles. The number of unbranched alkanes of at least 4 members (excludes halogenated alkanes) is 7. The van der Waals surface area contributed by atoms with Crippen LogP contribution in [0.15, 0.2) is 0 Å². The van der Waals surface area contributed by atoms with Crippen molar-refractivity contribution in [1.29, 1.82) is 0 Å². The van der Waals surface area contributed by atoms with Crippen LogP contribution in [0.25, 0.3) is 0 Å². The molecule has 0 aliphatic heterocycles. The fraction of sp³-hybridized carbons (Fsp3) is 0.692. The number of hydrogen-bond acceptors (Lipinski definition) is 0. The van der Waals surface area contributed by atoms with Gasteiger partial charge in [0.1, 0.15) is 0 Å². The van der Waals surface area contributed by atoms with Crippen molar-refractivity contribution < 1.29 is 0 Å². The Morgan fingerprint density at radius 1 is 0.615 bits per heavy atom. The molecule has 0 spiro atoms. The van der Waals surface area contributed by atoms with Gasteiger partial charge in [0, 0.05) is 12.8 Å². The van der Waals surface area contributed by atoms with Gasteiger partial charge in [0.05, 0.1) is 0 Å². The van der Waals surface area contributed by atoms with Crippen LogP contribution in [0, 0.1) is 25.7 Å². The summed E-state index contributed by atoms with van der Waals surface area (Å²) in [7, 11) is 0. The molecule has 0 saturated heterocycles. The van der Waals surface area contributed by atoms with E-state index in [4.69, 9.17) is 0 Å². The second-order valence-corrected chi connectivity index (χ2v) is 3.33. The summed E-state index contributed by atoms with van der Waals surface area (Å²) in [5.74, 6) is 6.38. The summed E-state index contributed by atoms with van der Waals surface area (Å²) >= 11 is 0. The Bertz CT molecular complexity index is 136. The highest BCUT2D eigenvalue weighted by molar-refractivity contribution is 4.98. The highest BCUT2D eigenvalue weighted by Crippen LogP contribution is 2.03. The van der Waals surface area contributed by atoms with Crippen LogP contribution in [-0.4, -0.2) is 0 Å². The Balaban J connectivity index is 2.99. The summed E-state index contributed by atoms with van der Waals surface area (Å²) in [5, 5.41) is 0. The van der Waals surface area contributed by atoms with E-state index in [1.165, 1.54) is 25.7 Å². The molecule has 0 fully saturated rings. The predicted octanol–water partition coefficient (Wildman–Crippen LogP) is 4.17. The van der Waals surface area contributed by atoms with E-state index in [1.807, 2.05) is 0 Å². The molecule has 0 unspecified atom stereocenters. The van der Waals surface area contributed by atoms with Gasteiger partial charge >= 0.3 is 0 Å². The molecule has 0 rings (SSSR count). The summed E-state index contributed by atoms with van der Waals surface area (Å²) in [6.45, 7) is 7.60. The normalized spacial score (nSPS) is 9.38. The second kappa shape index (κ2) is 11.6. The van der Waals surface area contributed by atoms with Gasteiger partial charge in [0.25, 0.3) is 0 Å². The van der Waals surface area contributed by atoms with Gasteiger partial charge in [0.15, 0.2) is 0 Å². The van der Waals surface area contributed by atoms with Crippen molar-refractivity contribution in [3.8, 4) is 11.8 Å². The molecule has 0 aromatic rings. The molecular formula is C13H22. The van der Waals surface area contributed by atoms with E-state index < -0.39 is 0 Å². The third-order valence-electron chi connectivity index (χ3n) is 1.98. The molecular weight excluding hydrogens is 156 g/mol. The van der Waals surface area contributed by atoms with E-state index in [-0.39, 0.29) is 0 Å². The fourth-order valence-electron chi connectivity index (χ4n) is 1.13. The van der Waals surface area contributed by atoms with Crippen LogP contribution in [-0.2, 0) is 0 Å². The van der Waals surface area contributed by atoms with Gasteiger partial charge in [-0.25, -0.2) is 0 Å². The first-order chi connectivity index (χ1) is 6.41. The monoisotopic (exact) mass is 178 g/mol. The van der Waals surface area contributed by atoms with Crippen molar-refractivity contribution in [2.45, 2.75) is 57.8 Å². The van der Waals surface area contributed by atoms with Crippen LogP contribution < -0.4 is 0 Å². The van der Waals surface area contributed by atoms with E-state index in [2.05, 4.69) is 25.7 Å². The highest BCUT2D eigenvalue weighted by Gasteiger charge is 1.85. The summed E-state index contributed by atoms with van der Waals surface area (Å²) < 4.78 is 0. The molecule has 74 valence electrons. The lowest BCUT2D eigenvalue weighted by Crippen LogP contribution is -1.76. The maximum absolute atomic E-state index is 3.82. The predicted molar refractivity (Wildman–Crippen MR) is 60.0 cm³/mol. The summed E-state index contributed by atoms with van der Waals surface area (Å²) in [4.78, 5) is 0. The third-order valence-corrected chi connectivity index (χ3v) is 1.98. The Hall–Kier alpha value is -0.440. The molecule has 0 bridgehead atoms. The minimum atomic E-state index is 1.01. The largest absolute Gasteiger partial charge is 0.103 e. The van der Waals surface area contributed by atoms with Crippen LogP contribution in [0.3, 0.4) is 0 Å². The van der Waals surface area contributed by atoms with Crippen LogP contribution in [0.1, 0.15) is 57.8 Å². The molecule has 2 radical (unpaired) electrons. The number of rotatable bonds is 7. The van der Waals surface area contributed by atoms with E-state index in [1.54, 1.807) is 0 Å². The Morgan fingerprint density at radius 3 is 1.77 bits per heavy atom. The van der Waals surface area contributed by atoms with Crippen molar-refractivity contribution in [3.63, 3.8) is 0 Å². The number of hydrogen-bond donors (Lipinski definition) is 0. The first-order valence-electron chi connectivity index (χ1n) is 5.46. The van der Waals surface area contributed by atoms with Gasteiger partial charge in [0.2, 0.25) is 0 Å². The summed E-state index contributed by atoms with van der Waals surface area (Å²) in [5.41, 5.74) is 0. The molecule has 0 saturated carbocycles. The zero-order valence-corrected chi connectivity index (χ0v) is 8.78. The van der Waals surface area contributed by atoms with E-state index in [0.717, 1.165) is 32.1 Å². The van der Waals surface area contributed by atoms with Crippen LogP contribution in [0.4, 0.5) is 0 Å². The standard InChI is InChI=1S/C13H22/c1-3-5-7-9-11-13-12-10-8-6-4-2/h1-9,11,13H2. The first kappa shape index (κ1) is 12.6. The molecule has 0 heteroatoms. The van der Waals surface area contributed by atoms with Gasteiger partial charge in [-0.2, -0.15) is 0 Å². The van der Waals surface area contributed by atoms with Crippen LogP contribution in [0.5, 0.6) is 0 Å². The average molecular weight is 178 g/mol. The molecule has 0 N–H and O–H groups in total. The van der Waals surface area contributed by atoms with Gasteiger partial charge < -0.3 is 0 Å². The molecule has 13 heavy (non-hydrogen) atoms. The van der Waals surface area contributed by atoms with Crippen molar-refractivity contribution in [2.75, 3.05) is 0 Å². The SMILES string of the molecule is [CH2]CCCC#CCCCCCC[CH2]. The third kappa shape index (κ3) is 11.6. The molecule has 0 aliphatic carbocycles. The van der Waals surface area contributed by atoms with E-state index in [0.29, 0.717) is 0 Å². The Morgan fingerprint density at radius 2 is 1.15 bits per heavy atom. The topological polar surface area (TPSA) is 0 Å². The Labute approximate surface area is 84.1 Å². The van der Waals surface area contributed by atoms with Crippen molar-refractivity contribution in [1.82, 2.24) is 0 Å². The maximum Gasteiger partial charge on any atom is 0.00886 e. The van der Waals surface area contributed by atoms with Gasteiger partial charge in [-0.05, 0) is 12.8 Å². The van der Waals surface area contributed by atoms with E-state index >= 15 is 0 Å². The Kier molecular flexibility index (Phi) is 11.2. The van der Waals surface area contributed by atoms with Gasteiger partial charge in [-0.1, -0.05) is 46.0 Å². The zero-order valence-electron chi connectivity index (χ0n) is 8.78. The minimum absolute atomic E-state index is 1.01. The van der Waals surface area contributed by atoms with Crippen molar-refractivity contribution >= 4 is 0 Å². The van der Waals surface area contributed by atoms with Crippen molar-refractivity contribution in [3.05, 3.63) is 13.8 Å². The summed E-state index contributed by atoms with van der Waals surface area (Å²) in [6, 6.07) is 0. The van der Waals surface area contributed by atoms with Gasteiger partial charge in [-0.15, -0.1) is 11.8 Å². The fourth-order valence-corrected chi connectivity index (χ4v) is 1.13. The summed E-state index contributed by atoms with van der Waals surface area (Å²) in [6.07, 6.45) is 10.5. The lowest BCUT2D eigenvalue weighted by molar-refractivity contribution is 0.655. The second-order valence-electron chi connectivity index (χ2n) is 3.33. The van der Waals surface area contributed by atoms with Gasteiger partial charge in [-0.3, -0.25) is 0 Å². The minimum Gasteiger partial charge on any atom is -0.103 e. The maximum atomic E-state index is 3.82. The van der Waals surface area contributed by atoms with Crippen molar-refractivity contribution in [2.24, 2.45) is 0 Å². The van der Waals surface area contributed by atoms with Crippen LogP contribution >= 0.6 is 0 Å². The zero-order chi connectivity index (χ0) is 9.78.